The van der Waals surface area contributed by atoms with E-state index in [-0.39, 0.29) is 0 Å². The Balaban J connectivity index is 0. The van der Waals surface area contributed by atoms with Crippen molar-refractivity contribution in [2.45, 2.75) is 46.0 Å². The zero-order valence-electron chi connectivity index (χ0n) is 9.89. The molecule has 5 heteroatoms. The quantitative estimate of drug-likeness (QED) is 0.384. The lowest BCUT2D eigenvalue weighted by molar-refractivity contribution is 0.286. The average Bonchev–Trinajstić information content (AvgIpc) is 1.84. The molecule has 0 amide bonds. The van der Waals surface area contributed by atoms with Crippen molar-refractivity contribution in [3.8, 4) is 0 Å². The van der Waals surface area contributed by atoms with Crippen LogP contribution in [0.5, 0.6) is 0 Å². The summed E-state index contributed by atoms with van der Waals surface area (Å²) in [6, 6.07) is 0. The maximum atomic E-state index is 5.50. The molecule has 78 valence electrons. The Kier molecular flexibility index (Phi) is 6.07. The van der Waals surface area contributed by atoms with Crippen molar-refractivity contribution < 1.29 is 0 Å². The normalized spacial score (nSPS) is 11.7. The first-order valence-corrected chi connectivity index (χ1v) is 7.79. The molecule has 0 atom stereocenters. The minimum absolute atomic E-state index is 0.338. The van der Waals surface area contributed by atoms with Gasteiger partial charge in [0.2, 0.25) is 4.91 Å². The Morgan fingerprint density at radius 3 is 1.31 bits per heavy atom. The van der Waals surface area contributed by atoms with Gasteiger partial charge < -0.3 is 4.57 Å². The van der Waals surface area contributed by atoms with Crippen molar-refractivity contribution in [1.29, 1.82) is 11.1 Å². The molecule has 0 aliphatic heterocycles. The van der Waals surface area contributed by atoms with Gasteiger partial charge in [0.05, 0.1) is 0 Å². The molecule has 0 unspecified atom stereocenters. The van der Waals surface area contributed by atoms with Gasteiger partial charge in [-0.15, -0.1) is 0 Å². The van der Waals surface area contributed by atoms with Gasteiger partial charge in [0.15, 0.2) is 0 Å². The molecule has 0 aliphatic carbocycles. The fourth-order valence-electron chi connectivity index (χ4n) is 1.01. The fourth-order valence-corrected chi connectivity index (χ4v) is 3.02. The molecule has 4 nitrogen and oxygen atoms in total. The van der Waals surface area contributed by atoms with Gasteiger partial charge in [0.1, 0.15) is 19.3 Å². The lowest BCUT2D eigenvalue weighted by atomic mass is 10.1. The van der Waals surface area contributed by atoms with Crippen LogP contribution in [0.3, 0.4) is 0 Å². The minimum Gasteiger partial charge on any atom is -0.322 e. The van der Waals surface area contributed by atoms with E-state index in [1.807, 2.05) is 4.91 Å². The Morgan fingerprint density at radius 1 is 1.08 bits per heavy atom. The fraction of sp³-hybridized carbons (Fsp3) is 1.00. The molecule has 0 heterocycles. The van der Waals surface area contributed by atoms with Crippen molar-refractivity contribution in [3.63, 3.8) is 0 Å². The Bertz CT molecular complexity index is 158. The van der Waals surface area contributed by atoms with Crippen molar-refractivity contribution >= 4 is 8.24 Å². The van der Waals surface area contributed by atoms with Crippen LogP contribution in [0.4, 0.5) is 0 Å². The van der Waals surface area contributed by atoms with E-state index in [0.29, 0.717) is 5.54 Å². The van der Waals surface area contributed by atoms with Gasteiger partial charge in [-0.3, -0.25) is 0 Å². The molecule has 0 aromatic rings. The highest BCUT2D eigenvalue weighted by Gasteiger charge is 2.28. The standard InChI is InChI=1S/C8H21NSi.H2N3/c1-8(2,3)9(4)10(5,6)7;1-3-2/h1-7H3;1-2H/q;+1. The van der Waals surface area contributed by atoms with Crippen LogP contribution < -0.4 is 4.91 Å². The van der Waals surface area contributed by atoms with E-state index < -0.39 is 8.24 Å². The molecule has 2 N–H and O–H groups in total. The highest BCUT2D eigenvalue weighted by atomic mass is 28.3. The SMILES string of the molecule is CN(C(C)(C)C)[Si](C)(C)C.N=[N+]=N. The molecular formula is C8H23N4Si+. The largest absolute Gasteiger partial charge is 0.322 e. The predicted molar refractivity (Wildman–Crippen MR) is 58.4 cm³/mol. The first-order valence-electron chi connectivity index (χ1n) is 4.34. The number of nitrogens with zero attached hydrogens (tertiary/aromatic N) is 2. The van der Waals surface area contributed by atoms with Gasteiger partial charge in [0.25, 0.3) is 0 Å². The number of hydrogen-bond acceptors (Lipinski definition) is 3. The molecule has 0 fully saturated rings. The highest BCUT2D eigenvalue weighted by Crippen LogP contribution is 2.18. The molecule has 0 aromatic carbocycles. The number of hydrogen-bond donors (Lipinski definition) is 2. The van der Waals surface area contributed by atoms with E-state index in [9.17, 15) is 0 Å². The number of nitrogens with one attached hydrogen (secondary N) is 2. The van der Waals surface area contributed by atoms with E-state index in [1.54, 1.807) is 0 Å². The van der Waals surface area contributed by atoms with Crippen LogP contribution >= 0.6 is 0 Å². The molecule has 0 spiro atoms. The van der Waals surface area contributed by atoms with Crippen LogP contribution in [0.25, 0.3) is 0 Å². The van der Waals surface area contributed by atoms with Crippen LogP contribution in [-0.4, -0.2) is 25.4 Å². The smallest absolute Gasteiger partial charge is 0.211 e. The van der Waals surface area contributed by atoms with Crippen LogP contribution in [0.15, 0.2) is 0 Å². The molecule has 0 aliphatic rings. The van der Waals surface area contributed by atoms with E-state index in [1.165, 1.54) is 0 Å². The summed E-state index contributed by atoms with van der Waals surface area (Å²) in [6.07, 6.45) is 0. The maximum absolute atomic E-state index is 5.50. The zero-order chi connectivity index (χ0) is 11.3. The highest BCUT2D eigenvalue weighted by molar-refractivity contribution is 6.73. The summed E-state index contributed by atoms with van der Waals surface area (Å²) < 4.78 is 2.51. The van der Waals surface area contributed by atoms with Crippen molar-refractivity contribution in [3.05, 3.63) is 0 Å². The second kappa shape index (κ2) is 5.27. The van der Waals surface area contributed by atoms with E-state index in [4.69, 9.17) is 11.1 Å². The monoisotopic (exact) mass is 203 g/mol. The van der Waals surface area contributed by atoms with Gasteiger partial charge >= 0.3 is 0 Å². The second-order valence-electron chi connectivity index (χ2n) is 5.01. The molecule has 0 bridgehead atoms. The topological polar surface area (TPSA) is 65.0 Å². The molecule has 0 rings (SSSR count). The van der Waals surface area contributed by atoms with Crippen LogP contribution in [0, 0.1) is 11.1 Å². The second-order valence-corrected chi connectivity index (χ2v) is 10.0. The number of rotatable bonds is 1. The molecular weight excluding hydrogens is 180 g/mol. The predicted octanol–water partition coefficient (Wildman–Crippen LogP) is 2.67. The average molecular weight is 203 g/mol. The molecule has 0 saturated carbocycles. The first kappa shape index (κ1) is 15.0. The van der Waals surface area contributed by atoms with Gasteiger partial charge in [0, 0.05) is 5.54 Å². The third-order valence-corrected chi connectivity index (χ3v) is 4.70. The van der Waals surface area contributed by atoms with Gasteiger partial charge in [-0.25, -0.2) is 0 Å². The zero-order valence-corrected chi connectivity index (χ0v) is 10.9. The van der Waals surface area contributed by atoms with Crippen LogP contribution in [0.1, 0.15) is 20.8 Å². The van der Waals surface area contributed by atoms with Gasteiger partial charge in [-0.1, -0.05) is 19.6 Å². The van der Waals surface area contributed by atoms with Crippen molar-refractivity contribution in [1.82, 2.24) is 9.48 Å². The van der Waals surface area contributed by atoms with Gasteiger partial charge in [-0.2, -0.15) is 0 Å². The molecule has 0 aromatic heterocycles. The Morgan fingerprint density at radius 2 is 1.31 bits per heavy atom. The van der Waals surface area contributed by atoms with E-state index >= 15 is 0 Å². The summed E-state index contributed by atoms with van der Waals surface area (Å²) in [5, 5.41) is 0. The van der Waals surface area contributed by atoms with Crippen molar-refractivity contribution in [2.24, 2.45) is 0 Å². The molecule has 13 heavy (non-hydrogen) atoms. The summed E-state index contributed by atoms with van der Waals surface area (Å²) >= 11 is 0. The minimum atomic E-state index is -1.06. The third kappa shape index (κ3) is 7.84. The summed E-state index contributed by atoms with van der Waals surface area (Å²) in [5.41, 5.74) is 11.3. The molecule has 0 saturated heterocycles. The van der Waals surface area contributed by atoms with Crippen LogP contribution in [0.2, 0.25) is 19.6 Å². The van der Waals surface area contributed by atoms with Crippen molar-refractivity contribution in [2.75, 3.05) is 7.05 Å². The maximum Gasteiger partial charge on any atom is 0.211 e. The summed E-state index contributed by atoms with van der Waals surface area (Å²) in [5.74, 6) is 0. The summed E-state index contributed by atoms with van der Waals surface area (Å²) in [7, 11) is 1.17. The van der Waals surface area contributed by atoms with Gasteiger partial charge in [-0.05, 0) is 27.8 Å². The van der Waals surface area contributed by atoms with Crippen LogP contribution in [-0.2, 0) is 0 Å². The lowest BCUT2D eigenvalue weighted by Gasteiger charge is -2.41. The summed E-state index contributed by atoms with van der Waals surface area (Å²) in [4.78, 5) is 2.00. The van der Waals surface area contributed by atoms with E-state index in [2.05, 4.69) is 52.0 Å². The third-order valence-electron chi connectivity index (χ3n) is 2.01. The lowest BCUT2D eigenvalue weighted by Crippen LogP contribution is -2.53. The summed E-state index contributed by atoms with van der Waals surface area (Å²) in [6.45, 7) is 13.9. The first-order chi connectivity index (χ1) is 5.57. The Labute approximate surface area is 82.4 Å². The Hall–Kier alpha value is -0.513. The molecule has 0 radical (unpaired) electrons. The van der Waals surface area contributed by atoms with E-state index in [0.717, 1.165) is 0 Å².